The summed E-state index contributed by atoms with van der Waals surface area (Å²) < 4.78 is 0. The Morgan fingerprint density at radius 2 is 0.893 bits per heavy atom. The van der Waals surface area contributed by atoms with Gasteiger partial charge < -0.3 is 102 Å². The molecule has 12 atom stereocenters. The first-order valence-corrected chi connectivity index (χ1v) is 34.8. The van der Waals surface area contributed by atoms with E-state index in [1.165, 1.54) is 45.0 Å². The van der Waals surface area contributed by atoms with E-state index in [9.17, 15) is 72.9 Å². The Morgan fingerprint density at radius 1 is 0.466 bits per heavy atom. The van der Waals surface area contributed by atoms with Crippen LogP contribution in [-0.2, 0) is 76.8 Å². The third kappa shape index (κ3) is 30.1. The summed E-state index contributed by atoms with van der Waals surface area (Å²) in [5.74, 6) is -11.2. The van der Waals surface area contributed by atoms with Crippen molar-refractivity contribution in [1.29, 1.82) is 0 Å². The van der Waals surface area contributed by atoms with Gasteiger partial charge in [-0.3, -0.25) is 57.7 Å². The Kier molecular flexibility index (Phi) is 35.5. The number of phenolic OH excluding ortho intramolecular Hbond substituents is 1. The molecular weight excluding hydrogens is 1330 g/mol. The average molecular weight is 1440 g/mol. The molecule has 0 fully saturated rings. The van der Waals surface area contributed by atoms with E-state index in [1.807, 2.05) is 12.1 Å². The minimum Gasteiger partial charge on any atom is -0.508 e. The second-order valence-electron chi connectivity index (χ2n) is 27.1. The number of unbranched alkanes of at least 4 members (excludes halogenated alkanes) is 1. The van der Waals surface area contributed by atoms with E-state index in [0.29, 0.717) is 29.5 Å². The fourth-order valence-corrected chi connectivity index (χ4v) is 11.0. The van der Waals surface area contributed by atoms with Gasteiger partial charge in [0.1, 0.15) is 72.2 Å². The Hall–Kier alpha value is -10.2. The monoisotopic (exact) mass is 1440 g/mol. The van der Waals surface area contributed by atoms with E-state index >= 15 is 0 Å². The molecule has 1 heterocycles. The number of aromatic hydroxyl groups is 1. The number of carboxylic acid groups (broad SMARTS) is 1. The summed E-state index contributed by atoms with van der Waals surface area (Å²) in [5.41, 5.74) is 25.1. The van der Waals surface area contributed by atoms with Crippen molar-refractivity contribution in [3.05, 3.63) is 102 Å². The van der Waals surface area contributed by atoms with Crippen LogP contribution in [0.15, 0.2) is 90.1 Å². The topological polar surface area (TPSA) is 530 Å². The van der Waals surface area contributed by atoms with Gasteiger partial charge in [-0.25, -0.2) is 4.79 Å². The number of carbonyl (C=O) groups excluding carboxylic acids is 11. The highest BCUT2D eigenvalue weighted by Crippen LogP contribution is 2.21. The third-order valence-corrected chi connectivity index (χ3v) is 16.6. The lowest BCUT2D eigenvalue weighted by Crippen LogP contribution is -2.61. The Balaban J connectivity index is 1.50. The zero-order valence-corrected chi connectivity index (χ0v) is 60.1. The normalized spacial score (nSPS) is 14.8. The van der Waals surface area contributed by atoms with Crippen molar-refractivity contribution < 1.29 is 72.9 Å². The van der Waals surface area contributed by atoms with Gasteiger partial charge in [-0.2, -0.15) is 0 Å². The highest BCUT2D eigenvalue weighted by atomic mass is 16.4. The molecule has 103 heavy (non-hydrogen) atoms. The molecule has 0 spiro atoms. The van der Waals surface area contributed by atoms with Crippen molar-refractivity contribution >= 4 is 87.8 Å². The SMILES string of the molecule is CC(C)C[C@@H](NC(=O)[C@@H](CCCCN)NC(=O)[C@@H](CC(C)C)NC(=O)[C@@H](CC(C)C)NC(=O)[C@@H](Cc1ccccc1)NC(=O)[C@@H](Cc1ccc(O)cc1)NC(=O)[C@@H](C)NC(=O)[C@H](N)[C@H](C)O)C(=O)N[C@H](C)C(=O)NCC(=O)N[C@H](CCCN=C(N)N)C(=O)N[C@H](Cc1c[nH]c2ccccc12)C(=O)O. The van der Waals surface area contributed by atoms with E-state index in [2.05, 4.69) is 68.5 Å². The van der Waals surface area contributed by atoms with Gasteiger partial charge in [0.05, 0.1) is 12.6 Å². The second kappa shape index (κ2) is 42.9. The summed E-state index contributed by atoms with van der Waals surface area (Å²) in [6, 6.07) is 7.06. The van der Waals surface area contributed by atoms with Gasteiger partial charge in [-0.05, 0) is 131 Å². The quantitative estimate of drug-likeness (QED) is 0.0144. The highest BCUT2D eigenvalue weighted by Gasteiger charge is 2.36. The van der Waals surface area contributed by atoms with Crippen molar-refractivity contribution in [3.63, 3.8) is 0 Å². The van der Waals surface area contributed by atoms with Crippen LogP contribution in [0, 0.1) is 17.8 Å². The number of nitrogens with two attached hydrogens (primary N) is 4. The number of hydrogen-bond donors (Lipinski definition) is 19. The highest BCUT2D eigenvalue weighted by molar-refractivity contribution is 5.99. The molecule has 0 bridgehead atoms. The number of nitrogens with zero attached hydrogens (tertiary/aromatic N) is 1. The number of aromatic nitrogens is 1. The first kappa shape index (κ1) is 85.2. The van der Waals surface area contributed by atoms with Gasteiger partial charge in [0.2, 0.25) is 65.0 Å². The number of fused-ring (bicyclic) bond motifs is 1. The van der Waals surface area contributed by atoms with Crippen LogP contribution in [0.2, 0.25) is 0 Å². The number of aromatic amines is 1. The van der Waals surface area contributed by atoms with Crippen LogP contribution in [0.1, 0.15) is 130 Å². The van der Waals surface area contributed by atoms with Gasteiger partial charge in [-0.1, -0.05) is 102 Å². The van der Waals surface area contributed by atoms with Crippen LogP contribution in [0.25, 0.3) is 10.9 Å². The number of hydrogen-bond acceptors (Lipinski definition) is 17. The molecule has 32 nitrogen and oxygen atoms in total. The van der Waals surface area contributed by atoms with Crippen LogP contribution in [0.4, 0.5) is 0 Å². The number of aliphatic imine (C=N–C) groups is 1. The average Bonchev–Trinajstić information content (AvgIpc) is 1.74. The van der Waals surface area contributed by atoms with Crippen LogP contribution < -0.4 is 81.4 Å². The van der Waals surface area contributed by atoms with Crippen LogP contribution in [0.5, 0.6) is 5.75 Å². The fourth-order valence-electron chi connectivity index (χ4n) is 11.0. The van der Waals surface area contributed by atoms with Crippen molar-refractivity contribution in [2.45, 2.75) is 206 Å². The summed E-state index contributed by atoms with van der Waals surface area (Å²) in [6.07, 6.45) is 1.13. The number of para-hydroxylation sites is 1. The number of nitrogens with one attached hydrogen (secondary N) is 12. The minimum absolute atomic E-state index is 0.0340. The second-order valence-corrected chi connectivity index (χ2v) is 27.1. The van der Waals surface area contributed by atoms with Crippen molar-refractivity contribution in [1.82, 2.24) is 63.5 Å². The molecule has 3 aromatic carbocycles. The summed E-state index contributed by atoms with van der Waals surface area (Å²) in [6.45, 7) is 14.4. The van der Waals surface area contributed by atoms with Crippen molar-refractivity contribution in [3.8, 4) is 5.75 Å². The van der Waals surface area contributed by atoms with Gasteiger partial charge in [0.25, 0.3) is 0 Å². The summed E-state index contributed by atoms with van der Waals surface area (Å²) >= 11 is 0. The fraction of sp³-hybridized carbons (Fsp3) is 0.535. The van der Waals surface area contributed by atoms with E-state index in [0.717, 1.165) is 10.9 Å². The molecule has 0 saturated heterocycles. The number of phenols is 1. The summed E-state index contributed by atoms with van der Waals surface area (Å²) in [7, 11) is 0. The molecule has 32 heteroatoms. The first-order chi connectivity index (χ1) is 48.6. The molecule has 23 N–H and O–H groups in total. The summed E-state index contributed by atoms with van der Waals surface area (Å²) in [5, 5.41) is 59.7. The predicted octanol–water partition coefficient (Wildman–Crippen LogP) is -0.981. The number of aliphatic carboxylic acids is 1. The predicted molar refractivity (Wildman–Crippen MR) is 386 cm³/mol. The van der Waals surface area contributed by atoms with Gasteiger partial charge >= 0.3 is 5.97 Å². The molecule has 0 aliphatic carbocycles. The van der Waals surface area contributed by atoms with Crippen molar-refractivity contribution in [2.75, 3.05) is 19.6 Å². The molecule has 0 unspecified atom stereocenters. The van der Waals surface area contributed by atoms with Gasteiger partial charge in [0.15, 0.2) is 5.96 Å². The van der Waals surface area contributed by atoms with Crippen molar-refractivity contribution in [2.24, 2.45) is 45.7 Å². The Bertz CT molecular complexity index is 3510. The maximum Gasteiger partial charge on any atom is 0.326 e. The van der Waals surface area contributed by atoms with Gasteiger partial charge in [-0.15, -0.1) is 0 Å². The zero-order chi connectivity index (χ0) is 76.6. The number of guanidine groups is 1. The first-order valence-electron chi connectivity index (χ1n) is 34.8. The number of H-pyrrole nitrogens is 1. The van der Waals surface area contributed by atoms with Crippen LogP contribution in [-0.4, -0.2) is 189 Å². The number of carboxylic acids is 1. The number of amides is 11. The van der Waals surface area contributed by atoms with E-state index in [-0.39, 0.29) is 100 Å². The van der Waals surface area contributed by atoms with Crippen LogP contribution in [0.3, 0.4) is 0 Å². The number of rotatable bonds is 44. The standard InChI is InChI=1S/C71H107N17O15/c1-38(2)30-52(64(96)79-41(7)60(92)78-37-58(91)81-50(23-17-29-76-71(74)75)62(94)88-57(70(102)103)35-46-36-77-49-21-14-13-20-48(46)49)84-63(95)51(22-15-16-28-72)82-65(97)53(31-39(3)4)85-66(98)54(32-40(5)6)86-68(100)56(33-44-18-11-10-12-19-44)87-67(99)55(34-45-24-26-47(90)27-25-45)83-61(93)42(8)80-69(101)59(73)43(9)89/h10-14,18-21,24-27,36,38-43,50-57,59,77,89-90H,15-17,22-23,28-35,37,72-73H2,1-9H3,(H,78,92)(H,79,96)(H,80,101)(H,81,91)(H,82,97)(H,83,93)(H,84,95)(H,85,98)(H,86,100)(H,87,99)(H,88,94)(H,102,103)(H4,74,75,76)/t41-,42-,43+,50-,51-,52-,53-,54-,55-,56-,57-,59-/m1/s1. The molecule has 11 amide bonds. The van der Waals surface area contributed by atoms with E-state index in [4.69, 9.17) is 22.9 Å². The molecule has 0 aliphatic heterocycles. The molecule has 0 aliphatic rings. The lowest BCUT2D eigenvalue weighted by atomic mass is 9.98. The smallest absolute Gasteiger partial charge is 0.326 e. The Morgan fingerprint density at radius 3 is 1.41 bits per heavy atom. The maximum atomic E-state index is 14.7. The van der Waals surface area contributed by atoms with Gasteiger partial charge in [0, 0.05) is 42.9 Å². The number of benzene rings is 3. The lowest BCUT2D eigenvalue weighted by molar-refractivity contribution is -0.142. The number of carbonyl (C=O) groups is 12. The zero-order valence-electron chi connectivity index (χ0n) is 60.1. The molecule has 4 rings (SSSR count). The number of aliphatic hydroxyl groups is 1. The lowest BCUT2D eigenvalue weighted by Gasteiger charge is -2.29. The van der Waals surface area contributed by atoms with Crippen LogP contribution >= 0.6 is 0 Å². The summed E-state index contributed by atoms with van der Waals surface area (Å²) in [4.78, 5) is 174. The largest absolute Gasteiger partial charge is 0.508 e. The Labute approximate surface area is 600 Å². The molecule has 566 valence electrons. The molecular formula is C71H107N17O15. The molecule has 1 aromatic heterocycles. The molecule has 0 radical (unpaired) electrons. The third-order valence-electron chi connectivity index (χ3n) is 16.6. The maximum absolute atomic E-state index is 14.7. The molecule has 4 aromatic rings. The van der Waals surface area contributed by atoms with E-state index < -0.39 is 150 Å². The minimum atomic E-state index is -1.40. The number of aliphatic hydroxyl groups excluding tert-OH is 1. The van der Waals surface area contributed by atoms with E-state index in [1.54, 1.807) is 90.2 Å². The molecule has 0 saturated carbocycles.